The second-order valence-electron chi connectivity index (χ2n) is 5.58. The smallest absolute Gasteiger partial charge is 0.250 e. The van der Waals surface area contributed by atoms with Gasteiger partial charge in [0.25, 0.3) is 0 Å². The minimum absolute atomic E-state index is 0.107. The highest BCUT2D eigenvalue weighted by Crippen LogP contribution is 2.26. The summed E-state index contributed by atoms with van der Waals surface area (Å²) in [6, 6.07) is 3.71. The molecule has 20 heavy (non-hydrogen) atoms. The Morgan fingerprint density at radius 3 is 2.60 bits per heavy atom. The zero-order valence-electron chi connectivity index (χ0n) is 12.2. The molecule has 114 valence electrons. The van der Waals surface area contributed by atoms with Crippen LogP contribution in [0.4, 0.5) is 0 Å². The molecule has 1 heterocycles. The molecule has 1 saturated carbocycles. The second-order valence-corrected chi connectivity index (χ2v) is 8.69. The zero-order chi connectivity index (χ0) is 14.6. The molecule has 0 atom stereocenters. The number of sulfonamides is 1. The summed E-state index contributed by atoms with van der Waals surface area (Å²) in [4.78, 5) is 1.06. The first-order valence-corrected chi connectivity index (χ1v) is 9.63. The normalized spacial score (nSPS) is 23.9. The van der Waals surface area contributed by atoms with Crippen LogP contribution >= 0.6 is 11.3 Å². The molecule has 0 saturated heterocycles. The summed E-state index contributed by atoms with van der Waals surface area (Å²) < 4.78 is 28.0. The maximum absolute atomic E-state index is 12.3. The average molecular weight is 316 g/mol. The Kier molecular flexibility index (Phi) is 5.60. The molecular weight excluding hydrogens is 292 g/mol. The van der Waals surface area contributed by atoms with Crippen LogP contribution in [-0.2, 0) is 16.6 Å². The lowest BCUT2D eigenvalue weighted by Crippen LogP contribution is -2.36. The van der Waals surface area contributed by atoms with Gasteiger partial charge in [-0.2, -0.15) is 0 Å². The summed E-state index contributed by atoms with van der Waals surface area (Å²) in [7, 11) is -3.34. The molecule has 1 aromatic heterocycles. The molecule has 0 radical (unpaired) electrons. The Labute approximate surface area is 126 Å². The number of hydrogen-bond acceptors (Lipinski definition) is 4. The number of nitrogens with one attached hydrogen (secondary N) is 2. The molecule has 0 unspecified atom stereocenters. The van der Waals surface area contributed by atoms with E-state index in [0.717, 1.165) is 49.6 Å². The Morgan fingerprint density at radius 1 is 1.25 bits per heavy atom. The van der Waals surface area contributed by atoms with E-state index in [1.807, 2.05) is 13.0 Å². The van der Waals surface area contributed by atoms with Gasteiger partial charge in [0.15, 0.2) is 0 Å². The first kappa shape index (κ1) is 15.9. The lowest BCUT2D eigenvalue weighted by atomic mass is 9.88. The van der Waals surface area contributed by atoms with E-state index in [0.29, 0.717) is 4.21 Å². The first-order valence-electron chi connectivity index (χ1n) is 7.33. The van der Waals surface area contributed by atoms with Gasteiger partial charge in [-0.25, -0.2) is 13.1 Å². The van der Waals surface area contributed by atoms with Gasteiger partial charge in [-0.3, -0.25) is 0 Å². The van der Waals surface area contributed by atoms with Crippen molar-refractivity contribution >= 4 is 21.4 Å². The summed E-state index contributed by atoms with van der Waals surface area (Å²) in [6.07, 6.45) is 4.14. The first-order chi connectivity index (χ1) is 9.51. The minimum Gasteiger partial charge on any atom is -0.312 e. The van der Waals surface area contributed by atoms with Crippen molar-refractivity contribution in [2.24, 2.45) is 5.92 Å². The van der Waals surface area contributed by atoms with Crippen LogP contribution in [0.25, 0.3) is 0 Å². The molecular formula is C14H24N2O2S2. The quantitative estimate of drug-likeness (QED) is 0.848. The third-order valence-corrected chi connectivity index (χ3v) is 6.89. The molecule has 2 rings (SSSR count). The summed E-state index contributed by atoms with van der Waals surface area (Å²) in [5, 5.41) is 3.21. The Balaban J connectivity index is 1.97. The third kappa shape index (κ3) is 4.28. The molecule has 0 aromatic carbocycles. The van der Waals surface area contributed by atoms with Crippen molar-refractivity contribution in [1.82, 2.24) is 10.0 Å². The van der Waals surface area contributed by atoms with E-state index in [1.165, 1.54) is 11.3 Å². The molecule has 1 aliphatic carbocycles. The van der Waals surface area contributed by atoms with E-state index < -0.39 is 10.0 Å². The molecule has 6 heteroatoms. The topological polar surface area (TPSA) is 58.2 Å². The van der Waals surface area contributed by atoms with Gasteiger partial charge in [0.05, 0.1) is 0 Å². The van der Waals surface area contributed by atoms with Gasteiger partial charge in [0, 0.05) is 17.5 Å². The highest BCUT2D eigenvalue weighted by molar-refractivity contribution is 7.91. The molecule has 2 N–H and O–H groups in total. The van der Waals surface area contributed by atoms with Crippen LogP contribution in [0.3, 0.4) is 0 Å². The average Bonchev–Trinajstić information content (AvgIpc) is 2.88. The molecule has 4 nitrogen and oxygen atoms in total. The van der Waals surface area contributed by atoms with Gasteiger partial charge < -0.3 is 5.32 Å². The Bertz CT molecular complexity index is 517. The van der Waals surface area contributed by atoms with Crippen LogP contribution in [0.15, 0.2) is 16.3 Å². The third-order valence-electron chi connectivity index (χ3n) is 3.79. The fourth-order valence-corrected chi connectivity index (χ4v) is 5.15. The van der Waals surface area contributed by atoms with Crippen LogP contribution in [0.1, 0.15) is 44.4 Å². The molecule has 1 fully saturated rings. The lowest BCUT2D eigenvalue weighted by Gasteiger charge is -2.26. The number of thiophene rings is 1. The van der Waals surface area contributed by atoms with Crippen molar-refractivity contribution in [1.29, 1.82) is 0 Å². The molecule has 1 aromatic rings. The SMILES string of the molecule is CCNCc1ccc(S(=O)(=O)NC2CCC(C)CC2)s1. The van der Waals surface area contributed by atoms with Gasteiger partial charge in [-0.1, -0.05) is 13.8 Å². The largest absolute Gasteiger partial charge is 0.312 e. The number of hydrogen-bond donors (Lipinski definition) is 2. The van der Waals surface area contributed by atoms with Crippen molar-refractivity contribution in [3.63, 3.8) is 0 Å². The van der Waals surface area contributed by atoms with E-state index in [2.05, 4.69) is 17.0 Å². The fraction of sp³-hybridized carbons (Fsp3) is 0.714. The Morgan fingerprint density at radius 2 is 1.95 bits per heavy atom. The summed E-state index contributed by atoms with van der Waals surface area (Å²) in [6.45, 7) is 5.89. The van der Waals surface area contributed by atoms with Crippen molar-refractivity contribution in [2.45, 2.75) is 56.3 Å². The van der Waals surface area contributed by atoms with Gasteiger partial charge >= 0.3 is 0 Å². The summed E-state index contributed by atoms with van der Waals surface area (Å²) in [5.74, 6) is 0.726. The highest BCUT2D eigenvalue weighted by Gasteiger charge is 2.25. The van der Waals surface area contributed by atoms with Gasteiger partial charge in [-0.15, -0.1) is 11.3 Å². The van der Waals surface area contributed by atoms with Crippen LogP contribution in [-0.4, -0.2) is 21.0 Å². The van der Waals surface area contributed by atoms with E-state index in [-0.39, 0.29) is 6.04 Å². The standard InChI is InChI=1S/C14H24N2O2S2/c1-3-15-10-13-8-9-14(19-13)20(17,18)16-12-6-4-11(2)5-7-12/h8-9,11-12,15-16H,3-7,10H2,1-2H3. The van der Waals surface area contributed by atoms with Gasteiger partial charge in [0.2, 0.25) is 10.0 Å². The van der Waals surface area contributed by atoms with Crippen molar-refractivity contribution in [3.8, 4) is 0 Å². The lowest BCUT2D eigenvalue weighted by molar-refractivity contribution is 0.332. The van der Waals surface area contributed by atoms with Gasteiger partial charge in [0.1, 0.15) is 4.21 Å². The van der Waals surface area contributed by atoms with E-state index >= 15 is 0 Å². The van der Waals surface area contributed by atoms with Crippen molar-refractivity contribution in [2.75, 3.05) is 6.54 Å². The molecule has 0 spiro atoms. The van der Waals surface area contributed by atoms with Crippen molar-refractivity contribution in [3.05, 3.63) is 17.0 Å². The zero-order valence-corrected chi connectivity index (χ0v) is 13.8. The molecule has 0 bridgehead atoms. The van der Waals surface area contributed by atoms with Gasteiger partial charge in [-0.05, 0) is 50.3 Å². The van der Waals surface area contributed by atoms with Crippen LogP contribution in [0, 0.1) is 5.92 Å². The maximum atomic E-state index is 12.3. The van der Waals surface area contributed by atoms with E-state index in [4.69, 9.17) is 0 Å². The highest BCUT2D eigenvalue weighted by atomic mass is 32.2. The Hall–Kier alpha value is -0.430. The van der Waals surface area contributed by atoms with Crippen LogP contribution in [0.2, 0.25) is 0 Å². The van der Waals surface area contributed by atoms with Crippen LogP contribution in [0.5, 0.6) is 0 Å². The molecule has 1 aliphatic rings. The minimum atomic E-state index is -3.34. The second kappa shape index (κ2) is 7.02. The fourth-order valence-electron chi connectivity index (χ4n) is 2.50. The molecule has 0 amide bonds. The summed E-state index contributed by atoms with van der Waals surface area (Å²) in [5.41, 5.74) is 0. The monoisotopic (exact) mass is 316 g/mol. The van der Waals surface area contributed by atoms with E-state index in [9.17, 15) is 8.42 Å². The molecule has 0 aliphatic heterocycles. The summed E-state index contributed by atoms with van der Waals surface area (Å²) >= 11 is 1.36. The predicted octanol–water partition coefficient (Wildman–Crippen LogP) is 2.71. The van der Waals surface area contributed by atoms with E-state index in [1.54, 1.807) is 6.07 Å². The number of rotatable bonds is 6. The van der Waals surface area contributed by atoms with Crippen molar-refractivity contribution < 1.29 is 8.42 Å². The predicted molar refractivity (Wildman–Crippen MR) is 83.4 cm³/mol. The maximum Gasteiger partial charge on any atom is 0.250 e. The van der Waals surface area contributed by atoms with Crippen LogP contribution < -0.4 is 10.0 Å².